The van der Waals surface area contributed by atoms with Crippen LogP contribution in [0.2, 0.25) is 0 Å². The summed E-state index contributed by atoms with van der Waals surface area (Å²) in [7, 11) is -3.29. The van der Waals surface area contributed by atoms with Crippen molar-refractivity contribution in [3.63, 3.8) is 0 Å². The number of benzene rings is 3. The maximum absolute atomic E-state index is 12.8. The summed E-state index contributed by atoms with van der Waals surface area (Å²) in [6.45, 7) is -0.0821. The molecular formula is C22H21NO4S. The minimum atomic E-state index is -3.29. The second-order valence-corrected chi connectivity index (χ2v) is 8.53. The number of nitrogens with one attached hydrogen (secondary N) is 1. The summed E-state index contributed by atoms with van der Waals surface area (Å²) >= 11 is 0. The Kier molecular flexibility index (Phi) is 5.92. The Morgan fingerprint density at radius 3 is 2.00 bits per heavy atom. The zero-order chi connectivity index (χ0) is 20.1. The lowest BCUT2D eigenvalue weighted by Gasteiger charge is -2.20. The molecule has 3 aromatic carbocycles. The molecule has 0 heterocycles. The SMILES string of the molecule is CS(=O)(=O)c1ccc(C(NC(=O)c2ccc(CO)cc2)c2ccccc2)cc1. The van der Waals surface area contributed by atoms with E-state index in [-0.39, 0.29) is 17.4 Å². The topological polar surface area (TPSA) is 83.5 Å². The first-order valence-electron chi connectivity index (χ1n) is 8.74. The van der Waals surface area contributed by atoms with Crippen LogP contribution in [0, 0.1) is 0 Å². The average Bonchev–Trinajstić information content (AvgIpc) is 2.72. The molecule has 0 spiro atoms. The van der Waals surface area contributed by atoms with Crippen molar-refractivity contribution in [1.82, 2.24) is 5.32 Å². The highest BCUT2D eigenvalue weighted by Gasteiger charge is 2.18. The first-order chi connectivity index (χ1) is 13.4. The highest BCUT2D eigenvalue weighted by Crippen LogP contribution is 2.24. The normalized spacial score (nSPS) is 12.4. The largest absolute Gasteiger partial charge is 0.392 e. The maximum atomic E-state index is 12.8. The fourth-order valence-electron chi connectivity index (χ4n) is 2.89. The van der Waals surface area contributed by atoms with E-state index in [2.05, 4.69) is 5.32 Å². The summed E-state index contributed by atoms with van der Waals surface area (Å²) in [4.78, 5) is 13.0. The van der Waals surface area contributed by atoms with E-state index < -0.39 is 15.9 Å². The second-order valence-electron chi connectivity index (χ2n) is 6.51. The van der Waals surface area contributed by atoms with Crippen molar-refractivity contribution < 1.29 is 18.3 Å². The predicted octanol–water partition coefficient (Wildman–Crippen LogP) is 3.10. The van der Waals surface area contributed by atoms with Crippen LogP contribution in [0.25, 0.3) is 0 Å². The zero-order valence-electron chi connectivity index (χ0n) is 15.4. The van der Waals surface area contributed by atoms with Gasteiger partial charge in [-0.15, -0.1) is 0 Å². The third-order valence-corrected chi connectivity index (χ3v) is 5.58. The number of aliphatic hydroxyl groups excluding tert-OH is 1. The highest BCUT2D eigenvalue weighted by atomic mass is 32.2. The molecule has 6 heteroatoms. The van der Waals surface area contributed by atoms with Crippen molar-refractivity contribution >= 4 is 15.7 Å². The summed E-state index contributed by atoms with van der Waals surface area (Å²) < 4.78 is 23.4. The van der Waals surface area contributed by atoms with Crippen molar-refractivity contribution in [3.8, 4) is 0 Å². The predicted molar refractivity (Wildman–Crippen MR) is 108 cm³/mol. The Balaban J connectivity index is 1.92. The van der Waals surface area contributed by atoms with Gasteiger partial charge in [-0.3, -0.25) is 4.79 Å². The van der Waals surface area contributed by atoms with Crippen molar-refractivity contribution in [3.05, 3.63) is 101 Å². The third-order valence-electron chi connectivity index (χ3n) is 4.45. The fraction of sp³-hybridized carbons (Fsp3) is 0.136. The number of hydrogen-bond donors (Lipinski definition) is 2. The van der Waals surface area contributed by atoms with Gasteiger partial charge >= 0.3 is 0 Å². The van der Waals surface area contributed by atoms with Gasteiger partial charge in [0.05, 0.1) is 17.5 Å². The van der Waals surface area contributed by atoms with Gasteiger partial charge in [-0.25, -0.2) is 8.42 Å². The van der Waals surface area contributed by atoms with Crippen LogP contribution in [-0.4, -0.2) is 25.7 Å². The second kappa shape index (κ2) is 8.37. The van der Waals surface area contributed by atoms with Crippen LogP contribution in [0.5, 0.6) is 0 Å². The van der Waals surface area contributed by atoms with E-state index in [1.54, 1.807) is 48.5 Å². The zero-order valence-corrected chi connectivity index (χ0v) is 16.2. The van der Waals surface area contributed by atoms with E-state index in [4.69, 9.17) is 5.11 Å². The summed E-state index contributed by atoms with van der Waals surface area (Å²) in [6.07, 6.45) is 1.16. The van der Waals surface area contributed by atoms with Crippen LogP contribution in [0.15, 0.2) is 83.8 Å². The maximum Gasteiger partial charge on any atom is 0.252 e. The molecule has 0 aliphatic rings. The first-order valence-corrected chi connectivity index (χ1v) is 10.6. The van der Waals surface area contributed by atoms with Gasteiger partial charge in [-0.2, -0.15) is 0 Å². The Morgan fingerprint density at radius 1 is 0.893 bits per heavy atom. The standard InChI is InChI=1S/C22H21NO4S/c1-28(26,27)20-13-11-18(12-14-20)21(17-5-3-2-4-6-17)23-22(25)19-9-7-16(15-24)8-10-19/h2-14,21,24H,15H2,1H3,(H,23,25). The van der Waals surface area contributed by atoms with E-state index >= 15 is 0 Å². The Bertz CT molecular complexity index is 1040. The van der Waals surface area contributed by atoms with Gasteiger partial charge in [0.25, 0.3) is 5.91 Å². The lowest BCUT2D eigenvalue weighted by Crippen LogP contribution is -2.29. The minimum Gasteiger partial charge on any atom is -0.392 e. The van der Waals surface area contributed by atoms with Crippen LogP contribution in [0.3, 0.4) is 0 Å². The first kappa shape index (κ1) is 19.8. The summed E-state index contributed by atoms with van der Waals surface area (Å²) in [5.74, 6) is -0.259. The number of amides is 1. The quantitative estimate of drug-likeness (QED) is 0.672. The molecule has 2 N–H and O–H groups in total. The van der Waals surface area contributed by atoms with Crippen LogP contribution in [-0.2, 0) is 16.4 Å². The highest BCUT2D eigenvalue weighted by molar-refractivity contribution is 7.90. The molecule has 3 rings (SSSR count). The van der Waals surface area contributed by atoms with Gasteiger partial charge in [-0.05, 0) is 41.0 Å². The van der Waals surface area contributed by atoms with Gasteiger partial charge in [0.1, 0.15) is 0 Å². The molecule has 0 fully saturated rings. The van der Waals surface area contributed by atoms with Crippen LogP contribution in [0.1, 0.15) is 33.1 Å². The molecule has 1 amide bonds. The molecule has 0 saturated carbocycles. The minimum absolute atomic E-state index is 0.0821. The Morgan fingerprint density at radius 2 is 1.46 bits per heavy atom. The number of carbonyl (C=O) groups is 1. The number of carbonyl (C=O) groups excluding carboxylic acids is 1. The lowest BCUT2D eigenvalue weighted by molar-refractivity contribution is 0.0943. The molecule has 144 valence electrons. The van der Waals surface area contributed by atoms with E-state index in [1.165, 1.54) is 0 Å². The van der Waals surface area contributed by atoms with E-state index in [9.17, 15) is 13.2 Å². The van der Waals surface area contributed by atoms with Gasteiger partial charge < -0.3 is 10.4 Å². The van der Waals surface area contributed by atoms with Gasteiger partial charge in [0, 0.05) is 11.8 Å². The summed E-state index contributed by atoms with van der Waals surface area (Å²) in [5.41, 5.74) is 2.87. The van der Waals surface area contributed by atoms with Gasteiger partial charge in [0.15, 0.2) is 9.84 Å². The molecule has 5 nitrogen and oxygen atoms in total. The smallest absolute Gasteiger partial charge is 0.252 e. The number of rotatable bonds is 6. The average molecular weight is 395 g/mol. The Hall–Kier alpha value is -2.96. The molecule has 28 heavy (non-hydrogen) atoms. The molecule has 1 atom stereocenters. The van der Waals surface area contributed by atoms with Crippen LogP contribution < -0.4 is 5.32 Å². The molecule has 0 bridgehead atoms. The summed E-state index contributed by atoms with van der Waals surface area (Å²) in [5, 5.41) is 12.2. The molecule has 0 aliphatic carbocycles. The van der Waals surface area contributed by atoms with Crippen molar-refractivity contribution in [2.24, 2.45) is 0 Å². The summed E-state index contributed by atoms with van der Waals surface area (Å²) in [6, 6.07) is 22.3. The number of hydrogen-bond acceptors (Lipinski definition) is 4. The monoisotopic (exact) mass is 395 g/mol. The van der Waals surface area contributed by atoms with Crippen molar-refractivity contribution in [2.45, 2.75) is 17.5 Å². The van der Waals surface area contributed by atoms with E-state index in [0.29, 0.717) is 5.56 Å². The van der Waals surface area contributed by atoms with Crippen molar-refractivity contribution in [2.75, 3.05) is 6.26 Å². The lowest BCUT2D eigenvalue weighted by atomic mass is 9.98. The van der Waals surface area contributed by atoms with E-state index in [0.717, 1.165) is 22.9 Å². The molecule has 0 radical (unpaired) electrons. The van der Waals surface area contributed by atoms with Crippen LogP contribution >= 0.6 is 0 Å². The molecular weight excluding hydrogens is 374 g/mol. The van der Waals surface area contributed by atoms with Gasteiger partial charge in [-0.1, -0.05) is 54.6 Å². The van der Waals surface area contributed by atoms with Crippen molar-refractivity contribution in [1.29, 1.82) is 0 Å². The molecule has 0 saturated heterocycles. The molecule has 3 aromatic rings. The van der Waals surface area contributed by atoms with Crippen LogP contribution in [0.4, 0.5) is 0 Å². The number of sulfone groups is 1. The molecule has 0 aliphatic heterocycles. The third kappa shape index (κ3) is 4.65. The van der Waals surface area contributed by atoms with E-state index in [1.807, 2.05) is 30.3 Å². The number of aliphatic hydroxyl groups is 1. The molecule has 0 aromatic heterocycles. The molecule has 1 unspecified atom stereocenters. The fourth-order valence-corrected chi connectivity index (χ4v) is 3.52. The Labute approximate surface area is 164 Å². The van der Waals surface area contributed by atoms with Gasteiger partial charge in [0.2, 0.25) is 0 Å².